The van der Waals surface area contributed by atoms with E-state index in [2.05, 4.69) is 209 Å². The van der Waals surface area contributed by atoms with Gasteiger partial charge in [-0.3, -0.25) is 0 Å². The maximum atomic E-state index is 5.18. The van der Waals surface area contributed by atoms with Gasteiger partial charge in [0.2, 0.25) is 0 Å². The van der Waals surface area contributed by atoms with Crippen molar-refractivity contribution in [2.24, 2.45) is 0 Å². The van der Waals surface area contributed by atoms with E-state index in [4.69, 9.17) is 4.98 Å². The van der Waals surface area contributed by atoms with Crippen LogP contribution < -0.4 is 0 Å². The minimum atomic E-state index is 0.954. The predicted molar refractivity (Wildman–Crippen MR) is 242 cm³/mol. The van der Waals surface area contributed by atoms with Crippen molar-refractivity contribution in [3.63, 3.8) is 0 Å². The van der Waals surface area contributed by atoms with Crippen LogP contribution in [0.15, 0.2) is 200 Å². The molecule has 12 aromatic rings. The molecule has 4 heteroatoms. The SMILES string of the molecule is c1ccc(-c2cc(-c3cccc(-n4c5ccccc5c5ccc6c7ccccc7n(-c7cccc8c7sc7ccccc78)c6c54)c3)cc(-c3ccccc3)n2)cc1. The molecule has 266 valence electrons. The quantitative estimate of drug-likeness (QED) is 0.172. The molecule has 8 aromatic carbocycles. The fraction of sp³-hybridized carbons (Fsp3) is 0. The minimum absolute atomic E-state index is 0.954. The summed E-state index contributed by atoms with van der Waals surface area (Å²) in [6, 6.07) is 72.5. The van der Waals surface area contributed by atoms with Crippen molar-refractivity contribution in [3.8, 4) is 45.0 Å². The van der Waals surface area contributed by atoms with Crippen LogP contribution in [0, 0.1) is 0 Å². The van der Waals surface area contributed by atoms with Crippen molar-refractivity contribution < 1.29 is 0 Å². The van der Waals surface area contributed by atoms with Gasteiger partial charge in [0, 0.05) is 53.8 Å². The molecule has 0 saturated carbocycles. The van der Waals surface area contributed by atoms with Crippen LogP contribution in [0.2, 0.25) is 0 Å². The molecule has 0 aliphatic carbocycles. The van der Waals surface area contributed by atoms with Crippen LogP contribution in [0.1, 0.15) is 0 Å². The highest BCUT2D eigenvalue weighted by Gasteiger charge is 2.23. The molecule has 0 aliphatic rings. The first kappa shape index (κ1) is 32.0. The number of hydrogen-bond donors (Lipinski definition) is 0. The molecule has 4 heterocycles. The van der Waals surface area contributed by atoms with Gasteiger partial charge in [0.25, 0.3) is 0 Å². The molecule has 0 bridgehead atoms. The molecule has 0 saturated heterocycles. The monoisotopic (exact) mass is 743 g/mol. The minimum Gasteiger partial charge on any atom is -0.307 e. The molecule has 57 heavy (non-hydrogen) atoms. The molecule has 0 N–H and O–H groups in total. The van der Waals surface area contributed by atoms with E-state index in [1.165, 1.54) is 69.5 Å². The van der Waals surface area contributed by atoms with E-state index >= 15 is 0 Å². The summed E-state index contributed by atoms with van der Waals surface area (Å²) in [6.45, 7) is 0. The Morgan fingerprint density at radius 1 is 0.351 bits per heavy atom. The number of para-hydroxylation sites is 2. The van der Waals surface area contributed by atoms with Gasteiger partial charge in [-0.2, -0.15) is 0 Å². The lowest BCUT2D eigenvalue weighted by Crippen LogP contribution is -1.99. The van der Waals surface area contributed by atoms with Crippen molar-refractivity contribution in [1.29, 1.82) is 0 Å². The van der Waals surface area contributed by atoms with Gasteiger partial charge in [-0.1, -0.05) is 152 Å². The van der Waals surface area contributed by atoms with Crippen LogP contribution in [0.3, 0.4) is 0 Å². The Labute approximate surface area is 333 Å². The van der Waals surface area contributed by atoms with Crippen molar-refractivity contribution in [2.45, 2.75) is 0 Å². The average Bonchev–Trinajstić information content (AvgIpc) is 3.95. The molecule has 0 radical (unpaired) electrons. The van der Waals surface area contributed by atoms with Crippen LogP contribution in [-0.2, 0) is 0 Å². The Balaban J connectivity index is 1.16. The fourth-order valence-corrected chi connectivity index (χ4v) is 10.2. The second-order valence-electron chi connectivity index (χ2n) is 14.7. The number of rotatable bonds is 5. The smallest absolute Gasteiger partial charge is 0.0789 e. The van der Waals surface area contributed by atoms with Gasteiger partial charge in [-0.15, -0.1) is 11.3 Å². The van der Waals surface area contributed by atoms with E-state index in [-0.39, 0.29) is 0 Å². The van der Waals surface area contributed by atoms with Gasteiger partial charge in [-0.05, 0) is 59.7 Å². The van der Waals surface area contributed by atoms with Gasteiger partial charge >= 0.3 is 0 Å². The zero-order chi connectivity index (χ0) is 37.5. The predicted octanol–water partition coefficient (Wildman–Crippen LogP) is 14.6. The number of thiophene rings is 1. The maximum Gasteiger partial charge on any atom is 0.0789 e. The third-order valence-corrected chi connectivity index (χ3v) is 12.7. The third-order valence-electron chi connectivity index (χ3n) is 11.5. The first-order valence-corrected chi connectivity index (χ1v) is 20.2. The third kappa shape index (κ3) is 4.94. The van der Waals surface area contributed by atoms with Crippen molar-refractivity contribution in [2.75, 3.05) is 0 Å². The summed E-state index contributed by atoms with van der Waals surface area (Å²) < 4.78 is 7.63. The molecule has 0 amide bonds. The number of hydrogen-bond acceptors (Lipinski definition) is 2. The van der Waals surface area contributed by atoms with Gasteiger partial charge in [-0.25, -0.2) is 4.98 Å². The van der Waals surface area contributed by atoms with Gasteiger partial charge in [0.15, 0.2) is 0 Å². The summed E-state index contributed by atoms with van der Waals surface area (Å²) in [5.74, 6) is 0. The van der Waals surface area contributed by atoms with Crippen LogP contribution in [-0.4, -0.2) is 14.1 Å². The molecule has 4 aromatic heterocycles. The fourth-order valence-electron chi connectivity index (χ4n) is 8.96. The van der Waals surface area contributed by atoms with E-state index in [1.54, 1.807) is 0 Å². The molecule has 0 fully saturated rings. The van der Waals surface area contributed by atoms with Crippen LogP contribution in [0.5, 0.6) is 0 Å². The van der Waals surface area contributed by atoms with Gasteiger partial charge in [0.1, 0.15) is 0 Å². The van der Waals surface area contributed by atoms with Gasteiger partial charge < -0.3 is 9.13 Å². The van der Waals surface area contributed by atoms with Crippen LogP contribution in [0.25, 0.3) is 109 Å². The molecule has 0 unspecified atom stereocenters. The Hall–Kier alpha value is -7.27. The maximum absolute atomic E-state index is 5.18. The average molecular weight is 744 g/mol. The second-order valence-corrected chi connectivity index (χ2v) is 15.8. The van der Waals surface area contributed by atoms with Gasteiger partial charge in [0.05, 0.1) is 43.8 Å². The van der Waals surface area contributed by atoms with Crippen molar-refractivity contribution in [3.05, 3.63) is 200 Å². The summed E-state index contributed by atoms with van der Waals surface area (Å²) in [6.07, 6.45) is 0. The molecule has 0 aliphatic heterocycles. The summed E-state index contributed by atoms with van der Waals surface area (Å²) in [5, 5.41) is 7.55. The second kappa shape index (κ2) is 12.6. The molecule has 0 atom stereocenters. The Morgan fingerprint density at radius 3 is 1.56 bits per heavy atom. The van der Waals surface area contributed by atoms with Crippen molar-refractivity contribution >= 4 is 75.1 Å². The van der Waals surface area contributed by atoms with E-state index in [0.29, 0.717) is 0 Å². The largest absolute Gasteiger partial charge is 0.307 e. The number of benzene rings is 8. The van der Waals surface area contributed by atoms with Crippen LogP contribution in [0.4, 0.5) is 0 Å². The summed E-state index contributed by atoms with van der Waals surface area (Å²) in [5.41, 5.74) is 13.5. The Morgan fingerprint density at radius 2 is 0.877 bits per heavy atom. The van der Waals surface area contributed by atoms with Crippen LogP contribution >= 0.6 is 11.3 Å². The highest BCUT2D eigenvalue weighted by molar-refractivity contribution is 7.26. The first-order chi connectivity index (χ1) is 28.3. The number of nitrogens with zero attached hydrogens (tertiary/aromatic N) is 3. The Kier molecular flexibility index (Phi) is 7.10. The normalized spacial score (nSPS) is 11.9. The molecular formula is C53H33N3S. The van der Waals surface area contributed by atoms with E-state index in [9.17, 15) is 0 Å². The topological polar surface area (TPSA) is 22.8 Å². The van der Waals surface area contributed by atoms with E-state index < -0.39 is 0 Å². The summed E-state index contributed by atoms with van der Waals surface area (Å²) >= 11 is 1.88. The lowest BCUT2D eigenvalue weighted by atomic mass is 9.99. The first-order valence-electron chi connectivity index (χ1n) is 19.4. The van der Waals surface area contributed by atoms with E-state index in [1.807, 2.05) is 11.3 Å². The molecule has 0 spiro atoms. The zero-order valence-electron chi connectivity index (χ0n) is 30.8. The summed E-state index contributed by atoms with van der Waals surface area (Å²) in [4.78, 5) is 5.18. The van der Waals surface area contributed by atoms with E-state index in [0.717, 1.165) is 39.3 Å². The lowest BCUT2D eigenvalue weighted by Gasteiger charge is -2.15. The molecule has 3 nitrogen and oxygen atoms in total. The molecular weight excluding hydrogens is 711 g/mol. The highest BCUT2D eigenvalue weighted by atomic mass is 32.1. The number of fused-ring (bicyclic) bond motifs is 10. The van der Waals surface area contributed by atoms with Crippen molar-refractivity contribution in [1.82, 2.24) is 14.1 Å². The zero-order valence-corrected chi connectivity index (χ0v) is 31.6. The lowest BCUT2D eigenvalue weighted by molar-refractivity contribution is 1.16. The molecule has 12 rings (SSSR count). The number of pyridine rings is 1. The number of aromatic nitrogens is 3. The standard InChI is InChI=1S/C53H33N3S/c1-3-15-34(16-4-1)45-32-37(33-46(54-45)35-17-5-2-6-18-35)36-19-13-20-38(31-36)55-47-25-10-7-21-39(47)42-29-30-43-40-22-8-11-26-48(40)56(52(43)51(42)55)49-27-14-24-44-41-23-9-12-28-50(41)57-53(44)49/h1-33H. The highest BCUT2D eigenvalue weighted by Crippen LogP contribution is 2.45. The Bertz CT molecular complexity index is 3460. The summed E-state index contributed by atoms with van der Waals surface area (Å²) in [7, 11) is 0.